The molecular formula is C7H6ClN5S. The fraction of sp³-hybridized carbons (Fsp3) is 0.143. The van der Waals surface area contributed by atoms with Gasteiger partial charge in [0.1, 0.15) is 10.8 Å². The van der Waals surface area contributed by atoms with Crippen molar-refractivity contribution < 1.29 is 0 Å². The first-order valence-electron chi connectivity index (χ1n) is 3.82. The summed E-state index contributed by atoms with van der Waals surface area (Å²) in [7, 11) is 0. The summed E-state index contributed by atoms with van der Waals surface area (Å²) in [4.78, 5) is 8.04. The van der Waals surface area contributed by atoms with E-state index >= 15 is 0 Å². The fourth-order valence-electron chi connectivity index (χ4n) is 0.873. The van der Waals surface area contributed by atoms with Crippen LogP contribution < -0.4 is 5.32 Å². The molecule has 5 nitrogen and oxygen atoms in total. The third-order valence-corrected chi connectivity index (χ3v) is 2.38. The minimum absolute atomic E-state index is 0.133. The van der Waals surface area contributed by atoms with E-state index < -0.39 is 0 Å². The second-order valence-electron chi connectivity index (χ2n) is 2.39. The molecule has 1 N–H and O–H groups in total. The molecule has 0 amide bonds. The summed E-state index contributed by atoms with van der Waals surface area (Å²) in [5.74, 6) is 0.597. The Morgan fingerprint density at radius 1 is 1.50 bits per heavy atom. The van der Waals surface area contributed by atoms with E-state index in [4.69, 9.17) is 11.6 Å². The lowest BCUT2D eigenvalue weighted by molar-refractivity contribution is 0.955. The van der Waals surface area contributed by atoms with Gasteiger partial charge in [0.05, 0.1) is 12.7 Å². The van der Waals surface area contributed by atoms with Crippen molar-refractivity contribution in [1.29, 1.82) is 0 Å². The molecule has 0 aromatic carbocycles. The second-order valence-corrected chi connectivity index (χ2v) is 3.71. The molecule has 7 heteroatoms. The molecule has 0 unspecified atom stereocenters. The van der Waals surface area contributed by atoms with Crippen molar-refractivity contribution >= 4 is 28.8 Å². The zero-order valence-electron chi connectivity index (χ0n) is 7.01. The summed E-state index contributed by atoms with van der Waals surface area (Å²) in [6, 6.07) is 0. The van der Waals surface area contributed by atoms with E-state index in [1.165, 1.54) is 6.20 Å². The van der Waals surface area contributed by atoms with Crippen LogP contribution in [-0.2, 0) is 6.54 Å². The van der Waals surface area contributed by atoms with Crippen molar-refractivity contribution in [3.05, 3.63) is 28.1 Å². The number of rotatable bonds is 3. The Morgan fingerprint density at radius 3 is 3.14 bits per heavy atom. The monoisotopic (exact) mass is 227 g/mol. The first-order chi connectivity index (χ1) is 6.84. The van der Waals surface area contributed by atoms with E-state index in [-0.39, 0.29) is 5.28 Å². The lowest BCUT2D eigenvalue weighted by Crippen LogP contribution is -2.02. The minimum Gasteiger partial charge on any atom is -0.362 e. The van der Waals surface area contributed by atoms with Crippen molar-refractivity contribution in [3.63, 3.8) is 0 Å². The molecule has 0 aliphatic carbocycles. The molecule has 72 valence electrons. The summed E-state index contributed by atoms with van der Waals surface area (Å²) in [5, 5.41) is 13.3. The fourth-order valence-corrected chi connectivity index (χ4v) is 1.56. The topological polar surface area (TPSA) is 63.6 Å². The van der Waals surface area contributed by atoms with Crippen LogP contribution >= 0.6 is 22.9 Å². The van der Waals surface area contributed by atoms with E-state index in [0.29, 0.717) is 12.4 Å². The summed E-state index contributed by atoms with van der Waals surface area (Å²) in [5.41, 5.74) is 0. The quantitative estimate of drug-likeness (QED) is 0.863. The van der Waals surface area contributed by atoms with Crippen LogP contribution in [0.1, 0.15) is 5.01 Å². The largest absolute Gasteiger partial charge is 0.362 e. The molecule has 2 aromatic heterocycles. The van der Waals surface area contributed by atoms with E-state index in [1.54, 1.807) is 17.5 Å². The van der Waals surface area contributed by atoms with Crippen LogP contribution in [0.5, 0.6) is 0 Å². The second kappa shape index (κ2) is 4.30. The first-order valence-corrected chi connectivity index (χ1v) is 5.08. The summed E-state index contributed by atoms with van der Waals surface area (Å²) >= 11 is 7.14. The van der Waals surface area contributed by atoms with Crippen molar-refractivity contribution in [3.8, 4) is 0 Å². The predicted octanol–water partition coefficient (Wildman–Crippen LogP) is 1.59. The van der Waals surface area contributed by atoms with Gasteiger partial charge in [-0.3, -0.25) is 0 Å². The molecule has 0 fully saturated rings. The molecule has 14 heavy (non-hydrogen) atoms. The third-order valence-electron chi connectivity index (χ3n) is 1.44. The maximum absolute atomic E-state index is 5.57. The molecule has 0 saturated carbocycles. The Labute approximate surface area is 89.2 Å². The number of hydrogen-bond donors (Lipinski definition) is 1. The van der Waals surface area contributed by atoms with E-state index in [0.717, 1.165) is 5.01 Å². The van der Waals surface area contributed by atoms with Gasteiger partial charge in [-0.15, -0.1) is 16.4 Å². The maximum Gasteiger partial charge on any atom is 0.244 e. The van der Waals surface area contributed by atoms with Crippen molar-refractivity contribution in [2.24, 2.45) is 0 Å². The summed E-state index contributed by atoms with van der Waals surface area (Å²) in [6.45, 7) is 0.618. The molecule has 2 heterocycles. The van der Waals surface area contributed by atoms with Crippen molar-refractivity contribution in [2.75, 3.05) is 5.32 Å². The van der Waals surface area contributed by atoms with Gasteiger partial charge in [0.15, 0.2) is 0 Å². The molecule has 0 saturated heterocycles. The molecule has 0 bridgehead atoms. The van der Waals surface area contributed by atoms with Crippen LogP contribution in [0.4, 0.5) is 5.82 Å². The van der Waals surface area contributed by atoms with Crippen LogP contribution in [0.25, 0.3) is 0 Å². The number of nitrogens with one attached hydrogen (secondary N) is 1. The minimum atomic E-state index is 0.133. The molecule has 2 rings (SSSR count). The van der Waals surface area contributed by atoms with Crippen LogP contribution in [0.3, 0.4) is 0 Å². The molecule has 0 aliphatic rings. The van der Waals surface area contributed by atoms with Gasteiger partial charge in [0.25, 0.3) is 0 Å². The van der Waals surface area contributed by atoms with Crippen molar-refractivity contribution in [1.82, 2.24) is 20.2 Å². The number of hydrogen-bond acceptors (Lipinski definition) is 6. The lowest BCUT2D eigenvalue weighted by Gasteiger charge is -2.01. The Morgan fingerprint density at radius 2 is 2.43 bits per heavy atom. The van der Waals surface area contributed by atoms with Gasteiger partial charge in [-0.2, -0.15) is 10.1 Å². The predicted molar refractivity (Wildman–Crippen MR) is 54.3 cm³/mol. The van der Waals surface area contributed by atoms with Crippen molar-refractivity contribution in [2.45, 2.75) is 6.54 Å². The van der Waals surface area contributed by atoms with E-state index in [9.17, 15) is 0 Å². The zero-order chi connectivity index (χ0) is 9.80. The summed E-state index contributed by atoms with van der Waals surface area (Å²) in [6.07, 6.45) is 3.27. The van der Waals surface area contributed by atoms with Crippen LogP contribution in [-0.4, -0.2) is 20.2 Å². The highest BCUT2D eigenvalue weighted by Crippen LogP contribution is 2.08. The molecule has 0 radical (unpaired) electrons. The number of thiazole rings is 1. The molecule has 2 aromatic rings. The van der Waals surface area contributed by atoms with Crippen LogP contribution in [0.2, 0.25) is 5.28 Å². The number of nitrogens with zero attached hydrogens (tertiary/aromatic N) is 4. The standard InChI is InChI=1S/C7H6ClN5S/c8-7-12-5(3-11-13-7)10-4-6-9-1-2-14-6/h1-3H,4H2,(H,10,12,13). The maximum atomic E-state index is 5.57. The Hall–Kier alpha value is -1.27. The Bertz CT molecular complexity index is 404. The first kappa shape index (κ1) is 9.29. The van der Waals surface area contributed by atoms with Gasteiger partial charge in [0, 0.05) is 11.6 Å². The molecule has 0 aliphatic heterocycles. The van der Waals surface area contributed by atoms with E-state index in [2.05, 4.69) is 25.5 Å². The Kier molecular flexibility index (Phi) is 2.85. The van der Waals surface area contributed by atoms with Gasteiger partial charge in [-0.05, 0) is 11.6 Å². The average molecular weight is 228 g/mol. The van der Waals surface area contributed by atoms with Gasteiger partial charge < -0.3 is 5.32 Å². The smallest absolute Gasteiger partial charge is 0.244 e. The number of aromatic nitrogens is 4. The highest BCUT2D eigenvalue weighted by Gasteiger charge is 1.98. The third kappa shape index (κ3) is 2.36. The number of anilines is 1. The van der Waals surface area contributed by atoms with Gasteiger partial charge >= 0.3 is 0 Å². The van der Waals surface area contributed by atoms with Crippen LogP contribution in [0, 0.1) is 0 Å². The van der Waals surface area contributed by atoms with Gasteiger partial charge in [-0.1, -0.05) is 0 Å². The molecule has 0 spiro atoms. The lowest BCUT2D eigenvalue weighted by atomic mass is 10.6. The number of halogens is 1. The van der Waals surface area contributed by atoms with Gasteiger partial charge in [0.2, 0.25) is 5.28 Å². The SMILES string of the molecule is Clc1nncc(NCc2nccs2)n1. The average Bonchev–Trinajstić information content (AvgIpc) is 2.67. The summed E-state index contributed by atoms with van der Waals surface area (Å²) < 4.78 is 0. The normalized spacial score (nSPS) is 10.1. The Balaban J connectivity index is 1.98. The van der Waals surface area contributed by atoms with E-state index in [1.807, 2.05) is 5.38 Å². The molecular weight excluding hydrogens is 222 g/mol. The highest BCUT2D eigenvalue weighted by atomic mass is 35.5. The molecule has 0 atom stereocenters. The van der Waals surface area contributed by atoms with Gasteiger partial charge in [-0.25, -0.2) is 4.98 Å². The zero-order valence-corrected chi connectivity index (χ0v) is 8.59. The highest BCUT2D eigenvalue weighted by molar-refractivity contribution is 7.09. The van der Waals surface area contributed by atoms with Crippen LogP contribution in [0.15, 0.2) is 17.8 Å².